The number of primary amides is 1. The Balaban J connectivity index is 2.19. The molecule has 0 bridgehead atoms. The van der Waals surface area contributed by atoms with Crippen LogP contribution in [0.5, 0.6) is 0 Å². The van der Waals surface area contributed by atoms with E-state index in [1.165, 1.54) is 4.90 Å². The number of carbonyl (C=O) groups is 2. The number of benzene rings is 2. The van der Waals surface area contributed by atoms with Crippen LogP contribution in [0.3, 0.4) is 0 Å². The summed E-state index contributed by atoms with van der Waals surface area (Å²) < 4.78 is 0. The molecule has 0 aromatic heterocycles. The number of hydrogen-bond donors (Lipinski definition) is 1. The highest BCUT2D eigenvalue weighted by Crippen LogP contribution is 2.35. The fourth-order valence-corrected chi connectivity index (χ4v) is 2.69. The molecule has 0 aliphatic carbocycles. The number of amides is 2. The average molecular weight is 323 g/mol. The first-order valence-electron chi connectivity index (χ1n) is 7.65. The molecule has 6 heteroatoms. The molecule has 122 valence electrons. The zero-order chi connectivity index (χ0) is 17.1. The summed E-state index contributed by atoms with van der Waals surface area (Å²) in [4.78, 5) is 30.0. The van der Waals surface area contributed by atoms with E-state index in [9.17, 15) is 9.59 Å². The van der Waals surface area contributed by atoms with Crippen molar-refractivity contribution in [3.05, 3.63) is 59.7 Å². The average Bonchev–Trinajstić information content (AvgIpc) is 2.73. The third kappa shape index (κ3) is 2.86. The Morgan fingerprint density at radius 2 is 1.79 bits per heavy atom. The number of fused-ring (bicyclic) bond motifs is 2. The molecular weight excluding hydrogens is 306 g/mol. The van der Waals surface area contributed by atoms with Gasteiger partial charge in [0.25, 0.3) is 0 Å². The third-order valence-electron chi connectivity index (χ3n) is 3.81. The summed E-state index contributed by atoms with van der Waals surface area (Å²) in [5, 5.41) is 4.04. The Kier molecular flexibility index (Phi) is 4.29. The van der Waals surface area contributed by atoms with Crippen molar-refractivity contribution in [2.24, 2.45) is 10.9 Å². The first-order valence-corrected chi connectivity index (χ1v) is 7.65. The van der Waals surface area contributed by atoms with Crippen LogP contribution in [-0.4, -0.2) is 17.7 Å². The van der Waals surface area contributed by atoms with E-state index >= 15 is 0 Å². The Morgan fingerprint density at radius 1 is 1.12 bits per heavy atom. The molecule has 2 aromatic carbocycles. The molecule has 6 nitrogen and oxygen atoms in total. The Labute approximate surface area is 139 Å². The van der Waals surface area contributed by atoms with E-state index in [2.05, 4.69) is 5.16 Å². The van der Waals surface area contributed by atoms with Crippen molar-refractivity contribution >= 4 is 29.1 Å². The number of rotatable bonds is 2. The highest BCUT2D eigenvalue weighted by atomic mass is 16.7. The molecule has 0 fully saturated rings. The maximum absolute atomic E-state index is 12.1. The van der Waals surface area contributed by atoms with Crippen LogP contribution in [0.4, 0.5) is 16.2 Å². The van der Waals surface area contributed by atoms with Gasteiger partial charge < -0.3 is 10.6 Å². The predicted molar refractivity (Wildman–Crippen MR) is 91.2 cm³/mol. The molecule has 0 radical (unpaired) electrons. The smallest absolute Gasteiger partial charge is 0.334 e. The molecular formula is C18H17N3O3. The lowest BCUT2D eigenvalue weighted by Crippen LogP contribution is -2.32. The summed E-state index contributed by atoms with van der Waals surface area (Å²) in [6.45, 7) is 1.70. The minimum absolute atomic E-state index is 0.239. The van der Waals surface area contributed by atoms with Crippen molar-refractivity contribution in [1.82, 2.24) is 0 Å². The first kappa shape index (κ1) is 15.7. The highest BCUT2D eigenvalue weighted by molar-refractivity contribution is 6.13. The van der Waals surface area contributed by atoms with Crippen molar-refractivity contribution in [2.75, 3.05) is 4.90 Å². The molecule has 0 atom stereocenters. The van der Waals surface area contributed by atoms with E-state index < -0.39 is 12.0 Å². The normalized spacial score (nSPS) is 14.5. The zero-order valence-electron chi connectivity index (χ0n) is 13.2. The lowest BCUT2D eigenvalue weighted by molar-refractivity contribution is -0.143. The minimum atomic E-state index is -0.582. The van der Waals surface area contributed by atoms with Gasteiger partial charge in [-0.05, 0) is 17.7 Å². The van der Waals surface area contributed by atoms with E-state index in [1.54, 1.807) is 13.0 Å². The largest absolute Gasteiger partial charge is 0.351 e. The molecule has 3 rings (SSSR count). The molecule has 0 unspecified atom stereocenters. The van der Waals surface area contributed by atoms with Crippen LogP contribution in [0.1, 0.15) is 24.5 Å². The van der Waals surface area contributed by atoms with Crippen molar-refractivity contribution in [2.45, 2.75) is 19.8 Å². The second-order valence-corrected chi connectivity index (χ2v) is 5.35. The van der Waals surface area contributed by atoms with E-state index in [4.69, 9.17) is 10.6 Å². The molecule has 0 saturated heterocycles. The van der Waals surface area contributed by atoms with E-state index in [-0.39, 0.29) is 6.42 Å². The van der Waals surface area contributed by atoms with Gasteiger partial charge >= 0.3 is 12.0 Å². The number of para-hydroxylation sites is 2. The lowest BCUT2D eigenvalue weighted by Gasteiger charge is -2.22. The maximum Gasteiger partial charge on any atom is 0.334 e. The van der Waals surface area contributed by atoms with Gasteiger partial charge in [0, 0.05) is 18.4 Å². The summed E-state index contributed by atoms with van der Waals surface area (Å²) in [6.07, 6.45) is 0.663. The number of oxime groups is 1. The lowest BCUT2D eigenvalue weighted by atomic mass is 10.0. The zero-order valence-corrected chi connectivity index (χ0v) is 13.2. The molecule has 1 aliphatic heterocycles. The van der Waals surface area contributed by atoms with Crippen LogP contribution in [0, 0.1) is 0 Å². The molecule has 24 heavy (non-hydrogen) atoms. The number of anilines is 2. The van der Waals surface area contributed by atoms with Crippen LogP contribution in [0.15, 0.2) is 53.7 Å². The maximum atomic E-state index is 12.1. The summed E-state index contributed by atoms with van der Waals surface area (Å²) in [6, 6.07) is 14.1. The highest BCUT2D eigenvalue weighted by Gasteiger charge is 2.27. The topological polar surface area (TPSA) is 85.0 Å². The van der Waals surface area contributed by atoms with Gasteiger partial charge in [0.05, 0.1) is 17.1 Å². The molecule has 2 aromatic rings. The van der Waals surface area contributed by atoms with Gasteiger partial charge in [-0.15, -0.1) is 0 Å². The molecule has 0 saturated carbocycles. The standard InChI is InChI=1S/C18H17N3O3/c1-2-17(22)24-20-14-11-12-7-3-5-9-15(12)21(18(19)23)16-10-6-4-8-13(14)16/h3-10H,2,11H2,1H3,(H2,19,23). The minimum Gasteiger partial charge on any atom is -0.351 e. The fourth-order valence-electron chi connectivity index (χ4n) is 2.69. The van der Waals surface area contributed by atoms with Gasteiger partial charge in [0.2, 0.25) is 0 Å². The van der Waals surface area contributed by atoms with Crippen molar-refractivity contribution in [3.8, 4) is 0 Å². The van der Waals surface area contributed by atoms with Crippen LogP contribution < -0.4 is 10.6 Å². The summed E-state index contributed by atoms with van der Waals surface area (Å²) >= 11 is 0. The van der Waals surface area contributed by atoms with E-state index in [1.807, 2.05) is 42.5 Å². The van der Waals surface area contributed by atoms with Crippen LogP contribution >= 0.6 is 0 Å². The summed E-state index contributed by atoms with van der Waals surface area (Å²) in [5.41, 5.74) is 9.08. The Bertz CT molecular complexity index is 830. The number of urea groups is 1. The molecule has 0 spiro atoms. The van der Waals surface area contributed by atoms with Gasteiger partial charge in [-0.1, -0.05) is 48.5 Å². The molecule has 2 N–H and O–H groups in total. The van der Waals surface area contributed by atoms with Crippen LogP contribution in [0.25, 0.3) is 0 Å². The van der Waals surface area contributed by atoms with E-state index in [0.29, 0.717) is 29.1 Å². The Morgan fingerprint density at radius 3 is 2.50 bits per heavy atom. The van der Waals surface area contributed by atoms with Crippen LogP contribution in [-0.2, 0) is 16.1 Å². The van der Waals surface area contributed by atoms with Gasteiger partial charge in [0.1, 0.15) is 0 Å². The predicted octanol–water partition coefficient (Wildman–Crippen LogP) is 3.12. The summed E-state index contributed by atoms with van der Waals surface area (Å²) in [5.74, 6) is -0.413. The van der Waals surface area contributed by atoms with E-state index in [0.717, 1.165) is 5.56 Å². The fraction of sp³-hybridized carbons (Fsp3) is 0.167. The number of nitrogens with zero attached hydrogens (tertiary/aromatic N) is 2. The van der Waals surface area contributed by atoms with Gasteiger partial charge in [-0.25, -0.2) is 9.59 Å². The third-order valence-corrected chi connectivity index (χ3v) is 3.81. The van der Waals surface area contributed by atoms with Gasteiger partial charge in [-0.2, -0.15) is 0 Å². The van der Waals surface area contributed by atoms with Crippen molar-refractivity contribution in [1.29, 1.82) is 0 Å². The number of hydrogen-bond acceptors (Lipinski definition) is 4. The molecule has 2 amide bonds. The quantitative estimate of drug-likeness (QED) is 0.680. The van der Waals surface area contributed by atoms with Crippen LogP contribution in [0.2, 0.25) is 0 Å². The van der Waals surface area contributed by atoms with Gasteiger partial charge in [0.15, 0.2) is 0 Å². The van der Waals surface area contributed by atoms with Gasteiger partial charge in [-0.3, -0.25) is 4.90 Å². The molecule has 1 heterocycles. The second kappa shape index (κ2) is 6.54. The van der Waals surface area contributed by atoms with Crippen molar-refractivity contribution < 1.29 is 14.4 Å². The monoisotopic (exact) mass is 323 g/mol. The molecule has 1 aliphatic rings. The first-order chi connectivity index (χ1) is 11.6. The second-order valence-electron chi connectivity index (χ2n) is 5.35. The number of nitrogens with two attached hydrogens (primary N) is 1. The summed E-state index contributed by atoms with van der Waals surface area (Å²) in [7, 11) is 0. The Hall–Kier alpha value is -3.15. The SMILES string of the molecule is CCC(=O)ON=C1Cc2ccccc2N(C(N)=O)c2ccccc21. The number of carbonyl (C=O) groups excluding carboxylic acids is 2. The van der Waals surface area contributed by atoms with Crippen molar-refractivity contribution in [3.63, 3.8) is 0 Å².